The highest BCUT2D eigenvalue weighted by molar-refractivity contribution is 6.09. The van der Waals surface area contributed by atoms with Crippen LogP contribution in [0.25, 0.3) is 0 Å². The van der Waals surface area contributed by atoms with Gasteiger partial charge in [0, 0.05) is 11.1 Å². The van der Waals surface area contributed by atoms with E-state index in [-0.39, 0.29) is 11.6 Å². The number of hydrogen-bond acceptors (Lipinski definition) is 1. The molecule has 2 rings (SSSR count). The van der Waals surface area contributed by atoms with Crippen molar-refractivity contribution in [2.45, 2.75) is 13.8 Å². The van der Waals surface area contributed by atoms with Gasteiger partial charge in [-0.1, -0.05) is 23.8 Å². The van der Waals surface area contributed by atoms with Crippen molar-refractivity contribution in [3.63, 3.8) is 0 Å². The van der Waals surface area contributed by atoms with Crippen molar-refractivity contribution in [3.05, 3.63) is 70.5 Å². The zero-order valence-corrected chi connectivity index (χ0v) is 9.83. The third-order valence-electron chi connectivity index (χ3n) is 2.58. The van der Waals surface area contributed by atoms with Crippen LogP contribution in [0.1, 0.15) is 27.0 Å². The van der Waals surface area contributed by atoms with Crippen LogP contribution >= 0.6 is 0 Å². The van der Waals surface area contributed by atoms with E-state index in [0.29, 0.717) is 11.1 Å². The molecule has 17 heavy (non-hydrogen) atoms. The molecule has 0 unspecified atom stereocenters. The number of rotatable bonds is 2. The molecule has 0 atom stereocenters. The smallest absolute Gasteiger partial charge is 0.193 e. The number of carbonyl (C=O) groups is 1. The Balaban J connectivity index is 2.43. The zero-order chi connectivity index (χ0) is 12.4. The second kappa shape index (κ2) is 4.50. The van der Waals surface area contributed by atoms with Crippen LogP contribution in [0.3, 0.4) is 0 Å². The zero-order valence-electron chi connectivity index (χ0n) is 9.83. The fourth-order valence-electron chi connectivity index (χ4n) is 1.82. The van der Waals surface area contributed by atoms with Gasteiger partial charge in [-0.25, -0.2) is 4.39 Å². The van der Waals surface area contributed by atoms with Crippen LogP contribution in [-0.2, 0) is 0 Å². The van der Waals surface area contributed by atoms with E-state index in [9.17, 15) is 9.18 Å². The van der Waals surface area contributed by atoms with Gasteiger partial charge in [0.2, 0.25) is 0 Å². The summed E-state index contributed by atoms with van der Waals surface area (Å²) in [5, 5.41) is 0. The molecule has 0 aliphatic heterocycles. The van der Waals surface area contributed by atoms with Crippen LogP contribution in [0.5, 0.6) is 0 Å². The maximum Gasteiger partial charge on any atom is 0.193 e. The number of hydrogen-bond donors (Lipinski definition) is 0. The Labute approximate surface area is 99.9 Å². The van der Waals surface area contributed by atoms with E-state index in [4.69, 9.17) is 0 Å². The molecule has 0 saturated carbocycles. The summed E-state index contributed by atoms with van der Waals surface area (Å²) >= 11 is 0. The van der Waals surface area contributed by atoms with Crippen LogP contribution in [0, 0.1) is 19.7 Å². The monoisotopic (exact) mass is 228 g/mol. The van der Waals surface area contributed by atoms with Gasteiger partial charge in [-0.3, -0.25) is 4.79 Å². The largest absolute Gasteiger partial charge is 0.289 e. The van der Waals surface area contributed by atoms with Gasteiger partial charge in [-0.15, -0.1) is 0 Å². The highest BCUT2D eigenvalue weighted by Crippen LogP contribution is 2.14. The van der Waals surface area contributed by atoms with Crippen LogP contribution in [0.4, 0.5) is 4.39 Å². The van der Waals surface area contributed by atoms with E-state index >= 15 is 0 Å². The van der Waals surface area contributed by atoms with Crippen molar-refractivity contribution in [2.75, 3.05) is 0 Å². The quantitative estimate of drug-likeness (QED) is 0.717. The van der Waals surface area contributed by atoms with Crippen molar-refractivity contribution in [1.29, 1.82) is 0 Å². The minimum absolute atomic E-state index is 0.142. The SMILES string of the molecule is Cc1cccc(C(=O)c2cc(C)cc(F)c2)c1. The van der Waals surface area contributed by atoms with Gasteiger partial charge in [0.1, 0.15) is 5.82 Å². The molecule has 0 spiro atoms. The molecule has 0 heterocycles. The third kappa shape index (κ3) is 2.59. The minimum atomic E-state index is -0.374. The first-order valence-electron chi connectivity index (χ1n) is 5.45. The van der Waals surface area contributed by atoms with Gasteiger partial charge in [0.15, 0.2) is 5.78 Å². The van der Waals surface area contributed by atoms with E-state index in [1.807, 2.05) is 25.1 Å². The van der Waals surface area contributed by atoms with E-state index < -0.39 is 0 Å². The van der Waals surface area contributed by atoms with Crippen LogP contribution < -0.4 is 0 Å². The summed E-state index contributed by atoms with van der Waals surface area (Å²) in [4.78, 5) is 12.1. The number of halogens is 1. The fraction of sp³-hybridized carbons (Fsp3) is 0.133. The topological polar surface area (TPSA) is 17.1 Å². The minimum Gasteiger partial charge on any atom is -0.289 e. The molecule has 0 aliphatic rings. The summed E-state index contributed by atoms with van der Waals surface area (Å²) in [7, 11) is 0. The molecule has 0 amide bonds. The standard InChI is InChI=1S/C15H13FO/c1-10-4-3-5-12(6-10)15(17)13-7-11(2)8-14(16)9-13/h3-9H,1-2H3. The van der Waals surface area contributed by atoms with E-state index in [0.717, 1.165) is 11.1 Å². The third-order valence-corrected chi connectivity index (χ3v) is 2.58. The molecule has 0 radical (unpaired) electrons. The molecule has 2 heteroatoms. The molecule has 2 aromatic carbocycles. The average molecular weight is 228 g/mol. The predicted molar refractivity (Wildman–Crippen MR) is 65.7 cm³/mol. The molecule has 86 valence electrons. The summed E-state index contributed by atoms with van der Waals surface area (Å²) in [6.45, 7) is 3.70. The molecule has 1 nitrogen and oxygen atoms in total. The van der Waals surface area contributed by atoms with Crippen LogP contribution in [0.2, 0.25) is 0 Å². The fourth-order valence-corrected chi connectivity index (χ4v) is 1.82. The van der Waals surface area contributed by atoms with Crippen molar-refractivity contribution in [1.82, 2.24) is 0 Å². The van der Waals surface area contributed by atoms with Gasteiger partial charge >= 0.3 is 0 Å². The molecule has 0 fully saturated rings. The van der Waals surface area contributed by atoms with E-state index in [1.165, 1.54) is 12.1 Å². The summed E-state index contributed by atoms with van der Waals surface area (Å²) in [6, 6.07) is 11.7. The lowest BCUT2D eigenvalue weighted by molar-refractivity contribution is 0.103. The number of aryl methyl sites for hydroxylation is 2. The van der Waals surface area contributed by atoms with Gasteiger partial charge < -0.3 is 0 Å². The predicted octanol–water partition coefficient (Wildman–Crippen LogP) is 3.67. The number of carbonyl (C=O) groups excluding carboxylic acids is 1. The molecule has 0 aromatic heterocycles. The van der Waals surface area contributed by atoms with Crippen molar-refractivity contribution < 1.29 is 9.18 Å². The average Bonchev–Trinajstić information content (AvgIpc) is 2.26. The lowest BCUT2D eigenvalue weighted by Crippen LogP contribution is -2.02. The highest BCUT2D eigenvalue weighted by atomic mass is 19.1. The molecular weight excluding hydrogens is 215 g/mol. The van der Waals surface area contributed by atoms with Gasteiger partial charge in [0.25, 0.3) is 0 Å². The Morgan fingerprint density at radius 3 is 2.29 bits per heavy atom. The Morgan fingerprint density at radius 1 is 0.941 bits per heavy atom. The first-order valence-corrected chi connectivity index (χ1v) is 5.45. The number of benzene rings is 2. The summed E-state index contributed by atoms with van der Waals surface area (Å²) in [6.07, 6.45) is 0. The maximum absolute atomic E-state index is 13.2. The second-order valence-corrected chi connectivity index (χ2v) is 4.22. The summed E-state index contributed by atoms with van der Waals surface area (Å²) in [5.41, 5.74) is 2.76. The Hall–Kier alpha value is -1.96. The molecule has 0 bridgehead atoms. The molecule has 0 N–H and O–H groups in total. The maximum atomic E-state index is 13.2. The normalized spacial score (nSPS) is 10.3. The molecule has 2 aromatic rings. The van der Waals surface area contributed by atoms with Gasteiger partial charge in [-0.2, -0.15) is 0 Å². The lowest BCUT2D eigenvalue weighted by atomic mass is 10.0. The molecular formula is C15H13FO. The van der Waals surface area contributed by atoms with Crippen molar-refractivity contribution in [2.24, 2.45) is 0 Å². The van der Waals surface area contributed by atoms with E-state index in [1.54, 1.807) is 19.1 Å². The van der Waals surface area contributed by atoms with Crippen molar-refractivity contribution in [3.8, 4) is 0 Å². The first kappa shape index (κ1) is 11.5. The molecule has 0 aliphatic carbocycles. The van der Waals surface area contributed by atoms with Gasteiger partial charge in [0.05, 0.1) is 0 Å². The first-order chi connectivity index (χ1) is 8.06. The van der Waals surface area contributed by atoms with Crippen LogP contribution in [0.15, 0.2) is 42.5 Å². The summed E-state index contributed by atoms with van der Waals surface area (Å²) in [5.74, 6) is -0.516. The van der Waals surface area contributed by atoms with Crippen molar-refractivity contribution >= 4 is 5.78 Å². The number of ketones is 1. The molecule has 0 saturated heterocycles. The highest BCUT2D eigenvalue weighted by Gasteiger charge is 2.10. The Kier molecular flexibility index (Phi) is 3.05. The van der Waals surface area contributed by atoms with E-state index in [2.05, 4.69) is 0 Å². The Bertz CT molecular complexity index is 553. The van der Waals surface area contributed by atoms with Crippen LogP contribution in [-0.4, -0.2) is 5.78 Å². The van der Waals surface area contributed by atoms with Gasteiger partial charge in [-0.05, 0) is 43.7 Å². The Morgan fingerprint density at radius 2 is 1.65 bits per heavy atom. The summed E-state index contributed by atoms with van der Waals surface area (Å²) < 4.78 is 13.2. The lowest BCUT2D eigenvalue weighted by Gasteiger charge is -2.04. The second-order valence-electron chi connectivity index (χ2n) is 4.22.